The van der Waals surface area contributed by atoms with E-state index in [9.17, 15) is 4.79 Å². The third-order valence-corrected chi connectivity index (χ3v) is 0.497. The second-order valence-electron chi connectivity index (χ2n) is 0.833. The van der Waals surface area contributed by atoms with Gasteiger partial charge in [-0.25, -0.2) is 0 Å². The third-order valence-electron chi connectivity index (χ3n) is 0.308. The van der Waals surface area contributed by atoms with Crippen LogP contribution in [0.3, 0.4) is 0 Å². The Labute approximate surface area is 65.6 Å². The molecule has 0 saturated heterocycles. The van der Waals surface area contributed by atoms with Crippen LogP contribution in [0.15, 0.2) is 0 Å². The van der Waals surface area contributed by atoms with Crippen LogP contribution in [0.1, 0.15) is 6.42 Å². The monoisotopic (exact) mass is 223 g/mol. The van der Waals surface area contributed by atoms with Gasteiger partial charge < -0.3 is 5.11 Å². The van der Waals surface area contributed by atoms with Crippen LogP contribution in [0, 0.1) is 0 Å². The van der Waals surface area contributed by atoms with E-state index in [0.29, 0.717) is 0 Å². The maximum atomic E-state index is 9.51. The molecule has 0 aromatic rings. The largest absolute Gasteiger partial charge is 0.481 e. The molecule has 4 heteroatoms. The molecule has 0 aliphatic carbocycles. The molecular formula is C3H5ClInO2. The summed E-state index contributed by atoms with van der Waals surface area (Å²) in [7, 11) is 0. The summed E-state index contributed by atoms with van der Waals surface area (Å²) in [6.07, 6.45) is 0.0571. The third kappa shape index (κ3) is 10.8. The second kappa shape index (κ2) is 6.63. The van der Waals surface area contributed by atoms with Gasteiger partial charge in [0.1, 0.15) is 0 Å². The fourth-order valence-electron chi connectivity index (χ4n) is 0.0808. The molecular weight excluding hydrogens is 218 g/mol. The van der Waals surface area contributed by atoms with Gasteiger partial charge in [-0.3, -0.25) is 4.79 Å². The molecule has 0 heterocycles. The van der Waals surface area contributed by atoms with Crippen molar-refractivity contribution < 1.29 is 9.90 Å². The molecule has 0 aromatic heterocycles. The van der Waals surface area contributed by atoms with Gasteiger partial charge in [0.15, 0.2) is 0 Å². The van der Waals surface area contributed by atoms with Crippen LogP contribution in [0.5, 0.6) is 0 Å². The molecule has 0 bridgehead atoms. The fraction of sp³-hybridized carbons (Fsp3) is 0.667. The zero-order chi connectivity index (χ0) is 4.99. The summed E-state index contributed by atoms with van der Waals surface area (Å²) >= 11 is 5.02. The number of hydrogen-bond donors (Lipinski definition) is 1. The topological polar surface area (TPSA) is 37.3 Å². The minimum absolute atomic E-state index is 0. The van der Waals surface area contributed by atoms with Gasteiger partial charge in [-0.2, -0.15) is 0 Å². The van der Waals surface area contributed by atoms with Crippen molar-refractivity contribution in [2.45, 2.75) is 6.42 Å². The molecule has 0 atom stereocenters. The molecule has 0 aliphatic heterocycles. The number of hydrogen-bond acceptors (Lipinski definition) is 1. The molecule has 1 N–H and O–H groups in total. The van der Waals surface area contributed by atoms with E-state index in [2.05, 4.69) is 0 Å². The minimum atomic E-state index is -0.843. The van der Waals surface area contributed by atoms with Crippen molar-refractivity contribution >= 4 is 43.4 Å². The van der Waals surface area contributed by atoms with E-state index in [1.165, 1.54) is 0 Å². The number of rotatable bonds is 2. The average molecular weight is 223 g/mol. The Balaban J connectivity index is 0. The molecule has 0 unspecified atom stereocenters. The zero-order valence-corrected chi connectivity index (χ0v) is 7.78. The Kier molecular flexibility index (Phi) is 10.0. The number of carboxylic acid groups (broad SMARTS) is 1. The summed E-state index contributed by atoms with van der Waals surface area (Å²) in [6, 6.07) is 0. The van der Waals surface area contributed by atoms with E-state index < -0.39 is 5.97 Å². The maximum absolute atomic E-state index is 9.51. The van der Waals surface area contributed by atoms with Gasteiger partial charge in [0, 0.05) is 31.7 Å². The predicted molar refractivity (Wildman–Crippen MR) is 28.7 cm³/mol. The number of halogens is 1. The van der Waals surface area contributed by atoms with Gasteiger partial charge in [0.25, 0.3) is 0 Å². The summed E-state index contributed by atoms with van der Waals surface area (Å²) in [5.41, 5.74) is 0. The minimum Gasteiger partial charge on any atom is -0.481 e. The van der Waals surface area contributed by atoms with Crippen LogP contribution in [0.25, 0.3) is 0 Å². The molecule has 0 aromatic carbocycles. The van der Waals surface area contributed by atoms with E-state index in [4.69, 9.17) is 16.7 Å². The molecule has 0 spiro atoms. The van der Waals surface area contributed by atoms with Crippen molar-refractivity contribution in [1.82, 2.24) is 0 Å². The van der Waals surface area contributed by atoms with E-state index in [1.807, 2.05) is 0 Å². The number of aliphatic carboxylic acids is 1. The smallest absolute Gasteiger partial charge is 0.304 e. The van der Waals surface area contributed by atoms with Crippen molar-refractivity contribution in [1.29, 1.82) is 0 Å². The van der Waals surface area contributed by atoms with Crippen molar-refractivity contribution in [3.63, 3.8) is 0 Å². The van der Waals surface area contributed by atoms with Gasteiger partial charge in [0.05, 0.1) is 6.42 Å². The number of carbonyl (C=O) groups is 1. The Morgan fingerprint density at radius 2 is 2.14 bits per heavy atom. The van der Waals surface area contributed by atoms with Crippen molar-refractivity contribution in [3.8, 4) is 0 Å². The first-order chi connectivity index (χ1) is 2.77. The summed E-state index contributed by atoms with van der Waals surface area (Å²) < 4.78 is 0. The summed E-state index contributed by atoms with van der Waals surface area (Å²) in [5, 5.41) is 7.83. The van der Waals surface area contributed by atoms with Crippen LogP contribution in [0.2, 0.25) is 0 Å². The maximum Gasteiger partial charge on any atom is 0.304 e. The van der Waals surface area contributed by atoms with Gasteiger partial charge in [-0.15, -0.1) is 11.6 Å². The average Bonchev–Trinajstić information content (AvgIpc) is 1.35. The molecule has 39 valence electrons. The van der Waals surface area contributed by atoms with Gasteiger partial charge in [-0.1, -0.05) is 0 Å². The Hall–Kier alpha value is 0.630. The van der Waals surface area contributed by atoms with E-state index >= 15 is 0 Å². The first-order valence-electron chi connectivity index (χ1n) is 1.55. The van der Waals surface area contributed by atoms with Crippen LogP contribution in [-0.4, -0.2) is 42.8 Å². The van der Waals surface area contributed by atoms with E-state index in [-0.39, 0.29) is 38.1 Å². The molecule has 0 rings (SSSR count). The van der Waals surface area contributed by atoms with Gasteiger partial charge in [-0.05, 0) is 0 Å². The normalized spacial score (nSPS) is 7.00. The molecule has 0 amide bonds. The number of carboxylic acids is 1. The predicted octanol–water partition coefficient (Wildman–Crippen LogP) is 0.319. The number of alkyl halides is 1. The Bertz CT molecular complexity index is 56.9. The van der Waals surface area contributed by atoms with Crippen LogP contribution >= 0.6 is 11.6 Å². The molecule has 0 fully saturated rings. The molecule has 2 nitrogen and oxygen atoms in total. The zero-order valence-electron chi connectivity index (χ0n) is 3.72. The Morgan fingerprint density at radius 3 is 2.14 bits per heavy atom. The van der Waals surface area contributed by atoms with Crippen LogP contribution in [-0.2, 0) is 4.79 Å². The summed E-state index contributed by atoms with van der Waals surface area (Å²) in [6.45, 7) is 0. The van der Waals surface area contributed by atoms with Crippen molar-refractivity contribution in [2.24, 2.45) is 0 Å². The van der Waals surface area contributed by atoms with E-state index in [0.717, 1.165) is 0 Å². The SMILES string of the molecule is O=C(O)CCCl.[In]. The quantitative estimate of drug-likeness (QED) is 0.685. The van der Waals surface area contributed by atoms with Gasteiger partial charge >= 0.3 is 5.97 Å². The van der Waals surface area contributed by atoms with Crippen LogP contribution < -0.4 is 0 Å². The standard InChI is InChI=1S/C3H5ClO2.In/c4-2-1-3(5)6;/h1-2H2,(H,5,6);. The second-order valence-corrected chi connectivity index (χ2v) is 1.21. The molecule has 0 aliphatic rings. The molecule has 7 heavy (non-hydrogen) atoms. The first-order valence-corrected chi connectivity index (χ1v) is 2.08. The fourth-order valence-corrected chi connectivity index (χ4v) is 0.243. The summed E-state index contributed by atoms with van der Waals surface area (Å²) in [5.74, 6) is -0.639. The van der Waals surface area contributed by atoms with Gasteiger partial charge in [0.2, 0.25) is 0 Å². The first kappa shape index (κ1) is 10.6. The van der Waals surface area contributed by atoms with Crippen LogP contribution in [0.4, 0.5) is 0 Å². The van der Waals surface area contributed by atoms with E-state index in [1.54, 1.807) is 0 Å². The molecule has 3 radical (unpaired) electrons. The summed E-state index contributed by atoms with van der Waals surface area (Å²) in [4.78, 5) is 9.51. The molecule has 0 saturated carbocycles. The Morgan fingerprint density at radius 1 is 1.71 bits per heavy atom. The van der Waals surface area contributed by atoms with Crippen molar-refractivity contribution in [2.75, 3.05) is 5.88 Å². The van der Waals surface area contributed by atoms with Crippen molar-refractivity contribution in [3.05, 3.63) is 0 Å².